The summed E-state index contributed by atoms with van der Waals surface area (Å²) < 4.78 is 16.7. The topological polar surface area (TPSA) is 78.9 Å². The molecule has 0 heterocycles. The van der Waals surface area contributed by atoms with Crippen LogP contribution < -0.4 is 0 Å². The van der Waals surface area contributed by atoms with Crippen molar-refractivity contribution in [1.82, 2.24) is 0 Å². The Balaban J connectivity index is 4.17. The predicted octanol–water partition coefficient (Wildman–Crippen LogP) is 17.9. The molecule has 366 valence electrons. The maximum atomic E-state index is 12.8. The van der Waals surface area contributed by atoms with Crippen LogP contribution in [0.15, 0.2) is 48.6 Å². The van der Waals surface area contributed by atoms with Gasteiger partial charge in [0, 0.05) is 19.3 Å². The highest BCUT2D eigenvalue weighted by Crippen LogP contribution is 2.15. The molecule has 6 heteroatoms. The summed E-state index contributed by atoms with van der Waals surface area (Å²) in [6.45, 7) is 6.49. The van der Waals surface area contributed by atoms with E-state index >= 15 is 0 Å². The lowest BCUT2D eigenvalue weighted by atomic mass is 10.0. The zero-order valence-electron chi connectivity index (χ0n) is 41.8. The average molecular weight is 883 g/mol. The van der Waals surface area contributed by atoms with E-state index in [0.717, 1.165) is 96.3 Å². The van der Waals surface area contributed by atoms with Gasteiger partial charge >= 0.3 is 17.9 Å². The van der Waals surface area contributed by atoms with Gasteiger partial charge in [0.05, 0.1) is 0 Å². The Morgan fingerprint density at radius 2 is 0.619 bits per heavy atom. The first-order valence-electron chi connectivity index (χ1n) is 27.1. The smallest absolute Gasteiger partial charge is 0.306 e. The van der Waals surface area contributed by atoms with E-state index in [1.165, 1.54) is 141 Å². The van der Waals surface area contributed by atoms with E-state index in [1.54, 1.807) is 0 Å². The van der Waals surface area contributed by atoms with Crippen molar-refractivity contribution in [3.05, 3.63) is 48.6 Å². The fourth-order valence-corrected chi connectivity index (χ4v) is 7.75. The van der Waals surface area contributed by atoms with E-state index in [1.807, 2.05) is 0 Å². The number of carbonyl (C=O) groups is 3. The number of rotatable bonds is 49. The van der Waals surface area contributed by atoms with E-state index in [9.17, 15) is 14.4 Å². The predicted molar refractivity (Wildman–Crippen MR) is 270 cm³/mol. The molecule has 0 amide bonds. The van der Waals surface area contributed by atoms with Crippen molar-refractivity contribution < 1.29 is 28.6 Å². The van der Waals surface area contributed by atoms with Crippen LogP contribution in [0, 0.1) is 0 Å². The van der Waals surface area contributed by atoms with Crippen LogP contribution in [-0.2, 0) is 28.6 Å². The van der Waals surface area contributed by atoms with Crippen LogP contribution in [0.5, 0.6) is 0 Å². The summed E-state index contributed by atoms with van der Waals surface area (Å²) in [5.41, 5.74) is 0. The quantitative estimate of drug-likeness (QED) is 0.0262. The molecule has 0 spiro atoms. The highest BCUT2D eigenvalue weighted by atomic mass is 16.6. The number of unbranched alkanes of at least 4 members (excludes halogenated alkanes) is 30. The van der Waals surface area contributed by atoms with E-state index < -0.39 is 6.10 Å². The standard InChI is InChI=1S/C57H102O6/c1-4-7-10-13-16-18-20-22-24-25-26-27-28-29-30-31-33-34-36-38-41-44-47-50-56(59)62-53-54(52-61-55(58)49-46-43-40-15-12-9-6-3)63-57(60)51-48-45-42-39-37-35-32-23-21-19-17-14-11-8-5-2/h8,11,17,19,23,25-26,32,54H,4-7,9-10,12-16,18,20-22,24,27-31,33-53H2,1-3H3/b11-8-,19-17-,26-25-,32-23-. The first kappa shape index (κ1) is 60.4. The van der Waals surface area contributed by atoms with Crippen molar-refractivity contribution >= 4 is 17.9 Å². The van der Waals surface area contributed by atoms with Crippen molar-refractivity contribution in [2.24, 2.45) is 0 Å². The minimum atomic E-state index is -0.778. The second kappa shape index (κ2) is 52.0. The Kier molecular flexibility index (Phi) is 49.8. The van der Waals surface area contributed by atoms with Crippen molar-refractivity contribution in [1.29, 1.82) is 0 Å². The van der Waals surface area contributed by atoms with Crippen LogP contribution in [0.1, 0.15) is 278 Å². The van der Waals surface area contributed by atoms with Crippen molar-refractivity contribution in [2.45, 2.75) is 284 Å². The molecule has 0 aliphatic heterocycles. The molecule has 0 saturated carbocycles. The van der Waals surface area contributed by atoms with Crippen LogP contribution in [0.4, 0.5) is 0 Å². The van der Waals surface area contributed by atoms with E-state index in [2.05, 4.69) is 69.4 Å². The summed E-state index contributed by atoms with van der Waals surface area (Å²) in [4.78, 5) is 37.8. The molecule has 0 fully saturated rings. The molecule has 1 atom stereocenters. The van der Waals surface area contributed by atoms with E-state index in [4.69, 9.17) is 14.2 Å². The molecular formula is C57H102O6. The fraction of sp³-hybridized carbons (Fsp3) is 0.807. The van der Waals surface area contributed by atoms with Gasteiger partial charge in [0.1, 0.15) is 13.2 Å². The third-order valence-electron chi connectivity index (χ3n) is 11.8. The molecule has 0 saturated heterocycles. The lowest BCUT2D eigenvalue weighted by Gasteiger charge is -2.18. The number of esters is 3. The maximum Gasteiger partial charge on any atom is 0.306 e. The SMILES string of the molecule is CC/C=C\C/C=C\C/C=C\CCCCCCCC(=O)OC(COC(=O)CCCCCCCCC)COC(=O)CCCCCCCCCCCCC/C=C\CCCCCCCCCC. The number of ether oxygens (including phenoxy) is 3. The van der Waals surface area contributed by atoms with E-state index in [-0.39, 0.29) is 31.1 Å². The second-order valence-electron chi connectivity index (χ2n) is 18.1. The van der Waals surface area contributed by atoms with Crippen LogP contribution in [0.25, 0.3) is 0 Å². The number of carbonyl (C=O) groups excluding carboxylic acids is 3. The minimum absolute atomic E-state index is 0.0788. The van der Waals surface area contributed by atoms with Gasteiger partial charge in [0.25, 0.3) is 0 Å². The Hall–Kier alpha value is -2.63. The van der Waals surface area contributed by atoms with Crippen LogP contribution >= 0.6 is 0 Å². The summed E-state index contributed by atoms with van der Waals surface area (Å²) >= 11 is 0. The molecule has 0 N–H and O–H groups in total. The average Bonchev–Trinajstić information content (AvgIpc) is 3.28. The van der Waals surface area contributed by atoms with Gasteiger partial charge in [-0.3, -0.25) is 14.4 Å². The highest BCUT2D eigenvalue weighted by Gasteiger charge is 2.19. The van der Waals surface area contributed by atoms with Gasteiger partial charge in [-0.2, -0.15) is 0 Å². The summed E-state index contributed by atoms with van der Waals surface area (Å²) in [5.74, 6) is -0.895. The molecule has 0 aliphatic rings. The van der Waals surface area contributed by atoms with Crippen LogP contribution in [-0.4, -0.2) is 37.2 Å². The number of allylic oxidation sites excluding steroid dienone is 8. The molecule has 1 unspecified atom stereocenters. The largest absolute Gasteiger partial charge is 0.462 e. The normalized spacial score (nSPS) is 12.4. The van der Waals surface area contributed by atoms with E-state index in [0.29, 0.717) is 19.3 Å². The monoisotopic (exact) mass is 883 g/mol. The summed E-state index contributed by atoms with van der Waals surface area (Å²) in [6.07, 6.45) is 62.7. The van der Waals surface area contributed by atoms with Crippen molar-refractivity contribution in [3.8, 4) is 0 Å². The molecule has 0 aromatic rings. The zero-order valence-corrected chi connectivity index (χ0v) is 41.8. The first-order valence-corrected chi connectivity index (χ1v) is 27.1. The molecule has 0 aromatic heterocycles. The maximum absolute atomic E-state index is 12.8. The molecule has 0 aromatic carbocycles. The number of hydrogen-bond donors (Lipinski definition) is 0. The molecule has 0 rings (SSSR count). The molecular weight excluding hydrogens is 781 g/mol. The third kappa shape index (κ3) is 50.2. The fourth-order valence-electron chi connectivity index (χ4n) is 7.75. The lowest BCUT2D eigenvalue weighted by molar-refractivity contribution is -0.167. The summed E-state index contributed by atoms with van der Waals surface area (Å²) in [6, 6.07) is 0. The molecule has 6 nitrogen and oxygen atoms in total. The Labute approximate surface area is 390 Å². The van der Waals surface area contributed by atoms with Gasteiger partial charge < -0.3 is 14.2 Å². The Morgan fingerprint density at radius 1 is 0.333 bits per heavy atom. The zero-order chi connectivity index (χ0) is 45.8. The van der Waals surface area contributed by atoms with Crippen LogP contribution in [0.2, 0.25) is 0 Å². The van der Waals surface area contributed by atoms with Crippen molar-refractivity contribution in [3.63, 3.8) is 0 Å². The van der Waals surface area contributed by atoms with Gasteiger partial charge in [0.2, 0.25) is 0 Å². The number of hydrogen-bond acceptors (Lipinski definition) is 6. The summed E-state index contributed by atoms with van der Waals surface area (Å²) in [5, 5.41) is 0. The van der Waals surface area contributed by atoms with Gasteiger partial charge in [-0.25, -0.2) is 0 Å². The van der Waals surface area contributed by atoms with Gasteiger partial charge in [-0.15, -0.1) is 0 Å². The molecule has 0 bridgehead atoms. The molecule has 63 heavy (non-hydrogen) atoms. The van der Waals surface area contributed by atoms with Gasteiger partial charge in [-0.1, -0.05) is 230 Å². The van der Waals surface area contributed by atoms with Crippen molar-refractivity contribution in [2.75, 3.05) is 13.2 Å². The van der Waals surface area contributed by atoms with Gasteiger partial charge in [0.15, 0.2) is 6.10 Å². The van der Waals surface area contributed by atoms with Gasteiger partial charge in [-0.05, 0) is 77.0 Å². The Bertz CT molecular complexity index is 1110. The minimum Gasteiger partial charge on any atom is -0.462 e. The van der Waals surface area contributed by atoms with Crippen LogP contribution in [0.3, 0.4) is 0 Å². The lowest BCUT2D eigenvalue weighted by Crippen LogP contribution is -2.30. The third-order valence-corrected chi connectivity index (χ3v) is 11.8. The second-order valence-corrected chi connectivity index (χ2v) is 18.1. The highest BCUT2D eigenvalue weighted by molar-refractivity contribution is 5.71. The first-order chi connectivity index (χ1) is 31.0. The molecule has 0 radical (unpaired) electrons. The summed E-state index contributed by atoms with van der Waals surface area (Å²) in [7, 11) is 0. The molecule has 0 aliphatic carbocycles. The Morgan fingerprint density at radius 3 is 0.984 bits per heavy atom.